The lowest BCUT2D eigenvalue weighted by Gasteiger charge is -2.41. The number of hydrogen-bond donors (Lipinski definition) is 2. The number of fused-ring (bicyclic) bond motifs is 2. The summed E-state index contributed by atoms with van der Waals surface area (Å²) in [5, 5.41) is 21.0. The van der Waals surface area contributed by atoms with E-state index in [1.54, 1.807) is 24.3 Å². The zero-order chi connectivity index (χ0) is 23.7. The Morgan fingerprint density at radius 2 is 1.58 bits per heavy atom. The van der Waals surface area contributed by atoms with Gasteiger partial charge in [0.2, 0.25) is 12.5 Å². The van der Waals surface area contributed by atoms with Gasteiger partial charge in [0.25, 0.3) is 0 Å². The number of methoxy groups -OCH3 is 4. The van der Waals surface area contributed by atoms with Crippen LogP contribution in [0.1, 0.15) is 35.1 Å². The van der Waals surface area contributed by atoms with Gasteiger partial charge in [-0.15, -0.1) is 0 Å². The normalized spacial score (nSPS) is 23.0. The first kappa shape index (κ1) is 23.0. The van der Waals surface area contributed by atoms with Crippen molar-refractivity contribution in [3.63, 3.8) is 0 Å². The van der Waals surface area contributed by atoms with Gasteiger partial charge in [-0.1, -0.05) is 0 Å². The molecule has 4 atom stereocenters. The van der Waals surface area contributed by atoms with Crippen LogP contribution in [-0.2, 0) is 9.53 Å². The van der Waals surface area contributed by atoms with Crippen LogP contribution in [0.2, 0.25) is 0 Å². The summed E-state index contributed by atoms with van der Waals surface area (Å²) in [7, 11) is 5.86. The van der Waals surface area contributed by atoms with Crippen molar-refractivity contribution in [2.45, 2.75) is 18.4 Å². The predicted octanol–water partition coefficient (Wildman–Crippen LogP) is 2.41. The molecule has 0 bridgehead atoms. The van der Waals surface area contributed by atoms with Gasteiger partial charge in [-0.25, -0.2) is 0 Å². The molecule has 2 N–H and O–H groups in total. The molecule has 0 aromatic heterocycles. The highest BCUT2D eigenvalue weighted by molar-refractivity contribution is 5.77. The SMILES string of the molecule is COC(=O)[C@H]1[C@H](c2cc(OC)c(OC)c(OC)c2)c2cc3c(cc2[C@@H](O)[C@H]1CCO)OCO3. The van der Waals surface area contributed by atoms with Crippen molar-refractivity contribution in [2.75, 3.05) is 41.8 Å². The highest BCUT2D eigenvalue weighted by atomic mass is 16.7. The van der Waals surface area contributed by atoms with Crippen LogP contribution in [0.3, 0.4) is 0 Å². The van der Waals surface area contributed by atoms with E-state index in [0.717, 1.165) is 0 Å². The molecule has 33 heavy (non-hydrogen) atoms. The maximum Gasteiger partial charge on any atom is 0.310 e. The summed E-state index contributed by atoms with van der Waals surface area (Å²) >= 11 is 0. The molecule has 4 rings (SSSR count). The average molecular weight is 460 g/mol. The number of esters is 1. The van der Waals surface area contributed by atoms with Crippen LogP contribution in [0.4, 0.5) is 0 Å². The molecule has 0 unspecified atom stereocenters. The molecule has 0 saturated heterocycles. The van der Waals surface area contributed by atoms with Gasteiger partial charge in [0.05, 0.1) is 40.5 Å². The van der Waals surface area contributed by atoms with Crippen LogP contribution < -0.4 is 23.7 Å². The molecule has 1 aliphatic heterocycles. The lowest BCUT2D eigenvalue weighted by Crippen LogP contribution is -2.39. The third-order valence-electron chi connectivity index (χ3n) is 6.44. The van der Waals surface area contributed by atoms with E-state index in [2.05, 4.69) is 0 Å². The summed E-state index contributed by atoms with van der Waals surface area (Å²) in [6, 6.07) is 7.10. The molecule has 9 heteroatoms. The fourth-order valence-corrected chi connectivity index (χ4v) is 4.97. The monoisotopic (exact) mass is 460 g/mol. The van der Waals surface area contributed by atoms with E-state index < -0.39 is 29.8 Å². The molecule has 0 saturated carbocycles. The van der Waals surface area contributed by atoms with Gasteiger partial charge in [-0.05, 0) is 47.4 Å². The van der Waals surface area contributed by atoms with E-state index in [1.165, 1.54) is 28.4 Å². The highest BCUT2D eigenvalue weighted by Crippen LogP contribution is 2.54. The number of carbonyl (C=O) groups excluding carboxylic acids is 1. The van der Waals surface area contributed by atoms with Crippen LogP contribution >= 0.6 is 0 Å². The molecule has 0 amide bonds. The summed E-state index contributed by atoms with van der Waals surface area (Å²) in [5.74, 6) is -0.0760. The largest absolute Gasteiger partial charge is 0.493 e. The molecule has 0 radical (unpaired) electrons. The lowest BCUT2D eigenvalue weighted by molar-refractivity contribution is -0.151. The maximum absolute atomic E-state index is 13.1. The van der Waals surface area contributed by atoms with Crippen molar-refractivity contribution in [3.8, 4) is 28.7 Å². The standard InChI is InChI=1S/C24H28O9/c1-28-18-7-12(8-19(29-2)23(18)30-3)20-14-9-16-17(33-11-32-16)10-15(14)22(26)13(5-6-25)21(20)24(27)31-4/h7-10,13,20-22,25-26H,5-6,11H2,1-4H3/t13-,20+,21+,22-/m0/s1. The first-order valence-corrected chi connectivity index (χ1v) is 10.6. The Morgan fingerprint density at radius 3 is 2.09 bits per heavy atom. The molecule has 1 heterocycles. The minimum absolute atomic E-state index is 0.0731. The number of hydrogen-bond acceptors (Lipinski definition) is 9. The van der Waals surface area contributed by atoms with Gasteiger partial charge in [0.15, 0.2) is 23.0 Å². The minimum atomic E-state index is -1.01. The fraction of sp³-hybridized carbons (Fsp3) is 0.458. The number of aliphatic hydroxyl groups excluding tert-OH is 2. The van der Waals surface area contributed by atoms with Crippen molar-refractivity contribution >= 4 is 5.97 Å². The second-order valence-corrected chi connectivity index (χ2v) is 7.94. The van der Waals surface area contributed by atoms with Crippen LogP contribution in [0.15, 0.2) is 24.3 Å². The fourth-order valence-electron chi connectivity index (χ4n) is 4.97. The number of carbonyl (C=O) groups is 1. The molecule has 2 aromatic rings. The summed E-state index contributed by atoms with van der Waals surface area (Å²) in [4.78, 5) is 13.1. The van der Waals surface area contributed by atoms with Gasteiger partial charge in [0.1, 0.15) is 0 Å². The number of rotatable bonds is 7. The lowest BCUT2D eigenvalue weighted by atomic mass is 9.64. The third-order valence-corrected chi connectivity index (χ3v) is 6.44. The van der Waals surface area contributed by atoms with Gasteiger partial charge in [-0.2, -0.15) is 0 Å². The van der Waals surface area contributed by atoms with E-state index in [0.29, 0.717) is 45.4 Å². The van der Waals surface area contributed by atoms with E-state index >= 15 is 0 Å². The van der Waals surface area contributed by atoms with Crippen molar-refractivity contribution in [2.24, 2.45) is 11.8 Å². The number of ether oxygens (including phenoxy) is 6. The van der Waals surface area contributed by atoms with Crippen molar-refractivity contribution in [1.82, 2.24) is 0 Å². The zero-order valence-electron chi connectivity index (χ0n) is 19.0. The first-order chi connectivity index (χ1) is 16.0. The number of benzene rings is 2. The molecule has 9 nitrogen and oxygen atoms in total. The Labute approximate surface area is 191 Å². The quantitative estimate of drug-likeness (QED) is 0.602. The zero-order valence-corrected chi connectivity index (χ0v) is 19.0. The smallest absolute Gasteiger partial charge is 0.310 e. The minimum Gasteiger partial charge on any atom is -0.493 e. The van der Waals surface area contributed by atoms with Crippen LogP contribution in [0, 0.1) is 11.8 Å². The molecule has 1 aliphatic carbocycles. The topological polar surface area (TPSA) is 113 Å². The van der Waals surface area contributed by atoms with Gasteiger partial charge >= 0.3 is 5.97 Å². The third kappa shape index (κ3) is 3.81. The maximum atomic E-state index is 13.1. The Balaban J connectivity index is 1.99. The Kier molecular flexibility index (Phi) is 6.53. The van der Waals surface area contributed by atoms with E-state index in [-0.39, 0.29) is 19.8 Å². The van der Waals surface area contributed by atoms with Gasteiger partial charge in [0, 0.05) is 18.4 Å². The summed E-state index contributed by atoms with van der Waals surface area (Å²) < 4.78 is 32.8. The van der Waals surface area contributed by atoms with Gasteiger partial charge in [-0.3, -0.25) is 4.79 Å². The first-order valence-electron chi connectivity index (χ1n) is 10.6. The molecular formula is C24H28O9. The highest BCUT2D eigenvalue weighted by Gasteiger charge is 2.48. The van der Waals surface area contributed by atoms with E-state index in [9.17, 15) is 15.0 Å². The number of aliphatic hydroxyl groups is 2. The Morgan fingerprint density at radius 1 is 0.970 bits per heavy atom. The molecule has 0 fully saturated rings. The van der Waals surface area contributed by atoms with Crippen molar-refractivity contribution in [1.29, 1.82) is 0 Å². The van der Waals surface area contributed by atoms with Crippen molar-refractivity contribution in [3.05, 3.63) is 41.0 Å². The Hall–Kier alpha value is -3.17. The second kappa shape index (κ2) is 9.36. The van der Waals surface area contributed by atoms with Crippen molar-refractivity contribution < 1.29 is 43.4 Å². The molecule has 178 valence electrons. The van der Waals surface area contributed by atoms with E-state index in [1.807, 2.05) is 0 Å². The van der Waals surface area contributed by atoms with Crippen LogP contribution in [-0.4, -0.2) is 58.0 Å². The Bertz CT molecular complexity index is 1010. The average Bonchev–Trinajstić information content (AvgIpc) is 3.30. The summed E-state index contributed by atoms with van der Waals surface area (Å²) in [6.45, 7) is -0.124. The second-order valence-electron chi connectivity index (χ2n) is 7.94. The van der Waals surface area contributed by atoms with Crippen LogP contribution in [0.25, 0.3) is 0 Å². The molecule has 2 aliphatic rings. The molecule has 0 spiro atoms. The molecular weight excluding hydrogens is 432 g/mol. The molecule has 2 aromatic carbocycles. The predicted molar refractivity (Wildman–Crippen MR) is 116 cm³/mol. The van der Waals surface area contributed by atoms with Gasteiger partial charge < -0.3 is 38.6 Å². The van der Waals surface area contributed by atoms with E-state index in [4.69, 9.17) is 28.4 Å². The summed E-state index contributed by atoms with van der Waals surface area (Å²) in [5.41, 5.74) is 2.01. The summed E-state index contributed by atoms with van der Waals surface area (Å²) in [6.07, 6.45) is -0.806. The van der Waals surface area contributed by atoms with Crippen LogP contribution in [0.5, 0.6) is 28.7 Å².